The zero-order valence-corrected chi connectivity index (χ0v) is 9.44. The molecule has 0 amide bonds. The van der Waals surface area contributed by atoms with Crippen LogP contribution in [0.5, 0.6) is 0 Å². The number of hydrogen-bond donors (Lipinski definition) is 0. The number of halogens is 1. The summed E-state index contributed by atoms with van der Waals surface area (Å²) in [6.07, 6.45) is 0.296. The van der Waals surface area contributed by atoms with Crippen molar-refractivity contribution in [3.05, 3.63) is 29.3 Å². The van der Waals surface area contributed by atoms with E-state index < -0.39 is 5.54 Å². The van der Waals surface area contributed by atoms with Crippen LogP contribution in [0.15, 0.2) is 34.5 Å². The van der Waals surface area contributed by atoms with Gasteiger partial charge in [0, 0.05) is 5.02 Å². The number of hydrogen-bond acceptors (Lipinski definition) is 4. The third-order valence-corrected chi connectivity index (χ3v) is 2.26. The lowest BCUT2D eigenvalue weighted by molar-refractivity contribution is 0.627. The van der Waals surface area contributed by atoms with Gasteiger partial charge in [-0.1, -0.05) is 24.6 Å². The summed E-state index contributed by atoms with van der Waals surface area (Å²) in [5.74, 6) is 0. The molecule has 0 fully saturated rings. The predicted molar refractivity (Wildman–Crippen MR) is 60.2 cm³/mol. The Morgan fingerprint density at radius 3 is 2.56 bits per heavy atom. The normalized spacial score (nSPS) is 11.0. The highest BCUT2D eigenvalue weighted by molar-refractivity contribution is 6.30. The highest BCUT2D eigenvalue weighted by atomic mass is 35.5. The molecule has 4 nitrogen and oxygen atoms in total. The fourth-order valence-electron chi connectivity index (χ4n) is 0.980. The van der Waals surface area contributed by atoms with Crippen LogP contribution in [0.1, 0.15) is 13.3 Å². The van der Waals surface area contributed by atoms with Gasteiger partial charge in [0.2, 0.25) is 0 Å². The molecule has 0 aliphatic heterocycles. The Balaban J connectivity index is 2.97. The Hall–Kier alpha value is -1.91. The number of nitrogens with zero attached hydrogens (tertiary/aromatic N) is 4. The van der Waals surface area contributed by atoms with Crippen molar-refractivity contribution in [1.82, 2.24) is 0 Å². The highest BCUT2D eigenvalue weighted by Crippen LogP contribution is 2.21. The molecule has 16 heavy (non-hydrogen) atoms. The average molecular weight is 233 g/mol. The standard InChI is InChI=1S/C11H9ClN4/c1-2-11(7-13,8-14)16-15-10-5-3-4-9(12)6-10/h3-6H,2H2,1H3. The Bertz CT molecular complexity index is 467. The van der Waals surface area contributed by atoms with Gasteiger partial charge in [0.05, 0.1) is 5.69 Å². The molecule has 80 valence electrons. The second-order valence-corrected chi connectivity index (χ2v) is 3.55. The summed E-state index contributed by atoms with van der Waals surface area (Å²) in [6, 6.07) is 10.4. The summed E-state index contributed by atoms with van der Waals surface area (Å²) in [7, 11) is 0. The lowest BCUT2D eigenvalue weighted by Crippen LogP contribution is -2.19. The molecule has 0 heterocycles. The molecule has 0 saturated carbocycles. The van der Waals surface area contributed by atoms with Gasteiger partial charge in [0.15, 0.2) is 0 Å². The van der Waals surface area contributed by atoms with Crippen LogP contribution in [0.3, 0.4) is 0 Å². The monoisotopic (exact) mass is 232 g/mol. The van der Waals surface area contributed by atoms with E-state index in [1.54, 1.807) is 31.2 Å². The third-order valence-electron chi connectivity index (χ3n) is 2.03. The SMILES string of the molecule is CCC(C#N)(C#N)N=Nc1cccc(Cl)c1. The topological polar surface area (TPSA) is 72.3 Å². The van der Waals surface area contributed by atoms with Crippen LogP contribution in [0.2, 0.25) is 5.02 Å². The minimum Gasteiger partial charge on any atom is -0.194 e. The van der Waals surface area contributed by atoms with Gasteiger partial charge in [-0.3, -0.25) is 0 Å². The van der Waals surface area contributed by atoms with Crippen molar-refractivity contribution in [1.29, 1.82) is 10.5 Å². The maximum Gasteiger partial charge on any atom is 0.252 e. The second-order valence-electron chi connectivity index (χ2n) is 3.12. The molecule has 0 aliphatic carbocycles. The van der Waals surface area contributed by atoms with E-state index in [1.807, 2.05) is 12.1 Å². The Morgan fingerprint density at radius 1 is 1.38 bits per heavy atom. The molecule has 0 spiro atoms. The van der Waals surface area contributed by atoms with Gasteiger partial charge in [-0.05, 0) is 24.6 Å². The van der Waals surface area contributed by atoms with Gasteiger partial charge >= 0.3 is 0 Å². The largest absolute Gasteiger partial charge is 0.252 e. The van der Waals surface area contributed by atoms with Crippen LogP contribution in [0, 0.1) is 22.7 Å². The Kier molecular flexibility index (Phi) is 3.99. The van der Waals surface area contributed by atoms with E-state index in [2.05, 4.69) is 10.2 Å². The van der Waals surface area contributed by atoms with Crippen molar-refractivity contribution in [3.8, 4) is 12.1 Å². The summed E-state index contributed by atoms with van der Waals surface area (Å²) >= 11 is 5.76. The minimum absolute atomic E-state index is 0.296. The number of azo groups is 1. The van der Waals surface area contributed by atoms with Crippen molar-refractivity contribution >= 4 is 17.3 Å². The predicted octanol–water partition coefficient (Wildman–Crippen LogP) is 3.62. The van der Waals surface area contributed by atoms with E-state index in [0.29, 0.717) is 17.1 Å². The van der Waals surface area contributed by atoms with Crippen molar-refractivity contribution in [2.45, 2.75) is 18.9 Å². The highest BCUT2D eigenvalue weighted by Gasteiger charge is 2.27. The van der Waals surface area contributed by atoms with Crippen molar-refractivity contribution < 1.29 is 0 Å². The van der Waals surface area contributed by atoms with Gasteiger partial charge in [-0.15, -0.1) is 0 Å². The Labute approximate surface area is 98.8 Å². The fourth-order valence-corrected chi connectivity index (χ4v) is 1.16. The van der Waals surface area contributed by atoms with E-state index in [0.717, 1.165) is 0 Å². The molecule has 1 aromatic rings. The van der Waals surface area contributed by atoms with Crippen LogP contribution < -0.4 is 0 Å². The molecule has 0 aromatic heterocycles. The molecule has 5 heteroatoms. The maximum atomic E-state index is 8.86. The minimum atomic E-state index is -1.40. The summed E-state index contributed by atoms with van der Waals surface area (Å²) in [4.78, 5) is 0. The van der Waals surface area contributed by atoms with E-state index in [4.69, 9.17) is 22.1 Å². The molecule has 0 radical (unpaired) electrons. The number of benzene rings is 1. The van der Waals surface area contributed by atoms with Gasteiger partial charge in [-0.2, -0.15) is 20.8 Å². The van der Waals surface area contributed by atoms with Gasteiger partial charge in [-0.25, -0.2) is 0 Å². The summed E-state index contributed by atoms with van der Waals surface area (Å²) in [5.41, 5.74) is -0.877. The zero-order valence-electron chi connectivity index (χ0n) is 8.68. The summed E-state index contributed by atoms with van der Waals surface area (Å²) in [6.45, 7) is 1.71. The smallest absolute Gasteiger partial charge is 0.194 e. The molecular formula is C11H9ClN4. The molecular weight excluding hydrogens is 224 g/mol. The molecule has 1 rings (SSSR count). The Morgan fingerprint density at radius 2 is 2.06 bits per heavy atom. The van der Waals surface area contributed by atoms with Crippen LogP contribution >= 0.6 is 11.6 Å². The molecule has 0 atom stereocenters. The maximum absolute atomic E-state index is 8.86. The lowest BCUT2D eigenvalue weighted by atomic mass is 10.0. The first-order chi connectivity index (χ1) is 7.65. The average Bonchev–Trinajstić information content (AvgIpc) is 2.32. The summed E-state index contributed by atoms with van der Waals surface area (Å²) < 4.78 is 0. The lowest BCUT2D eigenvalue weighted by Gasteiger charge is -2.07. The molecule has 0 unspecified atom stereocenters. The van der Waals surface area contributed by atoms with E-state index >= 15 is 0 Å². The first kappa shape index (κ1) is 12.2. The van der Waals surface area contributed by atoms with Crippen LogP contribution in [0.4, 0.5) is 5.69 Å². The molecule has 0 N–H and O–H groups in total. The van der Waals surface area contributed by atoms with Crippen LogP contribution in [0.25, 0.3) is 0 Å². The zero-order chi connectivity index (χ0) is 12.0. The van der Waals surface area contributed by atoms with Crippen LogP contribution in [-0.4, -0.2) is 5.54 Å². The fraction of sp³-hybridized carbons (Fsp3) is 0.273. The second kappa shape index (κ2) is 5.25. The molecule has 0 bridgehead atoms. The molecule has 0 saturated heterocycles. The van der Waals surface area contributed by atoms with E-state index in [1.165, 1.54) is 0 Å². The van der Waals surface area contributed by atoms with Crippen LogP contribution in [-0.2, 0) is 0 Å². The number of rotatable bonds is 3. The van der Waals surface area contributed by atoms with E-state index in [-0.39, 0.29) is 0 Å². The first-order valence-corrected chi connectivity index (χ1v) is 5.04. The summed E-state index contributed by atoms with van der Waals surface area (Å²) in [5, 5.41) is 25.9. The van der Waals surface area contributed by atoms with Gasteiger partial charge < -0.3 is 0 Å². The van der Waals surface area contributed by atoms with Crippen molar-refractivity contribution in [2.75, 3.05) is 0 Å². The van der Waals surface area contributed by atoms with E-state index in [9.17, 15) is 0 Å². The van der Waals surface area contributed by atoms with Gasteiger partial charge in [0.25, 0.3) is 5.54 Å². The molecule has 1 aromatic carbocycles. The third kappa shape index (κ3) is 2.79. The van der Waals surface area contributed by atoms with Crippen molar-refractivity contribution in [2.24, 2.45) is 10.2 Å². The van der Waals surface area contributed by atoms with Crippen molar-refractivity contribution in [3.63, 3.8) is 0 Å². The quantitative estimate of drug-likeness (QED) is 0.747. The molecule has 0 aliphatic rings. The first-order valence-electron chi connectivity index (χ1n) is 4.67. The van der Waals surface area contributed by atoms with Gasteiger partial charge in [0.1, 0.15) is 12.1 Å². The number of nitriles is 2.